The number of fused-ring (bicyclic) bond motifs is 5. The summed E-state index contributed by atoms with van der Waals surface area (Å²) in [6.45, 7) is 19.8. The van der Waals surface area contributed by atoms with Gasteiger partial charge in [-0.2, -0.15) is 0 Å². The van der Waals surface area contributed by atoms with Crippen molar-refractivity contribution in [1.82, 2.24) is 5.32 Å². The molecule has 6 rings (SSSR count). The summed E-state index contributed by atoms with van der Waals surface area (Å²) in [6, 6.07) is 7.21. The number of rotatable bonds is 10. The summed E-state index contributed by atoms with van der Waals surface area (Å²) in [5.74, 6) is 0.620. The average Bonchev–Trinajstić information content (AvgIpc) is 3.54. The van der Waals surface area contributed by atoms with Crippen LogP contribution in [0.5, 0.6) is 5.75 Å². The molecular formula is C41H61NO6. The number of nitrogens with one attached hydrogen (secondary N) is 1. The first-order chi connectivity index (χ1) is 22.3. The Morgan fingerprint density at radius 1 is 1.04 bits per heavy atom. The molecule has 7 heteroatoms. The summed E-state index contributed by atoms with van der Waals surface area (Å²) in [6.07, 6.45) is 4.84. The molecule has 1 aromatic carbocycles. The van der Waals surface area contributed by atoms with Gasteiger partial charge in [0.1, 0.15) is 17.6 Å². The van der Waals surface area contributed by atoms with Gasteiger partial charge in [0, 0.05) is 35.8 Å². The van der Waals surface area contributed by atoms with Gasteiger partial charge in [0.25, 0.3) is 0 Å². The van der Waals surface area contributed by atoms with Gasteiger partial charge in [-0.1, -0.05) is 65.7 Å². The summed E-state index contributed by atoms with van der Waals surface area (Å²) >= 11 is 0. The van der Waals surface area contributed by atoms with Crippen LogP contribution in [0, 0.1) is 39.4 Å². The van der Waals surface area contributed by atoms with E-state index in [0.717, 1.165) is 43.2 Å². The summed E-state index contributed by atoms with van der Waals surface area (Å²) in [5.41, 5.74) is 1.37. The molecule has 3 saturated carbocycles. The Morgan fingerprint density at radius 3 is 2.33 bits per heavy atom. The van der Waals surface area contributed by atoms with Crippen molar-refractivity contribution in [3.63, 3.8) is 0 Å². The minimum Gasteiger partial charge on any atom is -0.508 e. The third-order valence-corrected chi connectivity index (χ3v) is 14.4. The van der Waals surface area contributed by atoms with E-state index in [9.17, 15) is 24.9 Å². The third-order valence-electron chi connectivity index (χ3n) is 14.4. The van der Waals surface area contributed by atoms with Gasteiger partial charge in [0.15, 0.2) is 5.78 Å². The third kappa shape index (κ3) is 5.45. The van der Waals surface area contributed by atoms with E-state index in [1.807, 2.05) is 26.0 Å². The van der Waals surface area contributed by atoms with E-state index in [1.54, 1.807) is 19.1 Å². The van der Waals surface area contributed by atoms with Crippen LogP contribution in [-0.4, -0.2) is 63.4 Å². The van der Waals surface area contributed by atoms with Crippen LogP contribution in [0.15, 0.2) is 35.4 Å². The van der Waals surface area contributed by atoms with E-state index >= 15 is 0 Å². The number of aliphatic hydroxyl groups excluding tert-OH is 2. The van der Waals surface area contributed by atoms with Crippen molar-refractivity contribution in [2.75, 3.05) is 6.54 Å². The molecule has 4 N–H and O–H groups in total. The van der Waals surface area contributed by atoms with Crippen molar-refractivity contribution in [3.8, 4) is 5.75 Å². The van der Waals surface area contributed by atoms with Gasteiger partial charge in [-0.3, -0.25) is 9.59 Å². The predicted molar refractivity (Wildman–Crippen MR) is 188 cm³/mol. The van der Waals surface area contributed by atoms with Crippen molar-refractivity contribution in [1.29, 1.82) is 0 Å². The zero-order chi connectivity index (χ0) is 35.2. The van der Waals surface area contributed by atoms with Crippen molar-refractivity contribution in [2.24, 2.45) is 39.4 Å². The zero-order valence-corrected chi connectivity index (χ0v) is 30.9. The molecular weight excluding hydrogens is 602 g/mol. The highest BCUT2D eigenvalue weighted by Gasteiger charge is 2.71. The number of carbonyl (C=O) groups is 2. The highest BCUT2D eigenvalue weighted by Crippen LogP contribution is 2.75. The number of ether oxygens (including phenoxy) is 1. The van der Waals surface area contributed by atoms with Crippen molar-refractivity contribution < 1.29 is 29.6 Å². The van der Waals surface area contributed by atoms with Gasteiger partial charge in [-0.15, -0.1) is 0 Å². The normalized spacial score (nSPS) is 40.1. The summed E-state index contributed by atoms with van der Waals surface area (Å²) < 4.78 is 5.82. The molecule has 7 nitrogen and oxygen atoms in total. The molecule has 266 valence electrons. The first-order valence-electron chi connectivity index (χ1n) is 18.7. The largest absolute Gasteiger partial charge is 0.508 e. The Morgan fingerprint density at radius 2 is 1.73 bits per heavy atom. The van der Waals surface area contributed by atoms with Gasteiger partial charge < -0.3 is 25.4 Å². The van der Waals surface area contributed by atoms with E-state index in [1.165, 1.54) is 5.57 Å². The number of phenolic OH excluding ortho intramolecular Hbond substituents is 1. The number of epoxide rings is 1. The molecule has 11 unspecified atom stereocenters. The number of ketones is 2. The number of hydrogen-bond acceptors (Lipinski definition) is 7. The van der Waals surface area contributed by atoms with Crippen LogP contribution in [0.2, 0.25) is 0 Å². The molecule has 1 aliphatic heterocycles. The Kier molecular flexibility index (Phi) is 8.96. The summed E-state index contributed by atoms with van der Waals surface area (Å²) in [4.78, 5) is 28.8. The van der Waals surface area contributed by atoms with Crippen LogP contribution < -0.4 is 5.32 Å². The van der Waals surface area contributed by atoms with Crippen LogP contribution in [-0.2, 0) is 14.3 Å². The van der Waals surface area contributed by atoms with Gasteiger partial charge in [0.05, 0.1) is 17.8 Å². The van der Waals surface area contributed by atoms with E-state index in [0.29, 0.717) is 25.8 Å². The number of aromatic hydroxyl groups is 1. The topological polar surface area (TPSA) is 119 Å². The fourth-order valence-corrected chi connectivity index (χ4v) is 12.3. The van der Waals surface area contributed by atoms with E-state index in [2.05, 4.69) is 46.9 Å². The van der Waals surface area contributed by atoms with Crippen LogP contribution >= 0.6 is 0 Å². The Bertz CT molecular complexity index is 1480. The number of hydrogen-bond donors (Lipinski definition) is 4. The molecule has 48 heavy (non-hydrogen) atoms. The maximum absolute atomic E-state index is 14.5. The Balaban J connectivity index is 1.44. The lowest BCUT2D eigenvalue weighted by Crippen LogP contribution is -2.69. The smallest absolute Gasteiger partial charge is 0.160 e. The Hall–Kier alpha value is -2.06. The monoisotopic (exact) mass is 663 g/mol. The molecule has 0 radical (unpaired) electrons. The maximum Gasteiger partial charge on any atom is 0.160 e. The summed E-state index contributed by atoms with van der Waals surface area (Å²) in [7, 11) is 0. The molecule has 0 spiro atoms. The number of benzene rings is 1. The minimum absolute atomic E-state index is 0.00642. The number of allylic oxidation sites excluding steroid dienone is 2. The van der Waals surface area contributed by atoms with E-state index in [-0.39, 0.29) is 75.0 Å². The molecule has 5 aliphatic rings. The number of Topliss-reactive ketones (excluding diaryl/α,β-unsaturated/α-hetero) is 2. The molecule has 4 fully saturated rings. The molecule has 0 aromatic heterocycles. The molecule has 1 heterocycles. The van der Waals surface area contributed by atoms with Gasteiger partial charge in [0.2, 0.25) is 0 Å². The molecule has 0 amide bonds. The van der Waals surface area contributed by atoms with Gasteiger partial charge in [-0.25, -0.2) is 0 Å². The molecule has 11 atom stereocenters. The van der Waals surface area contributed by atoms with Crippen LogP contribution in [0.25, 0.3) is 0 Å². The van der Waals surface area contributed by atoms with Crippen molar-refractivity contribution >= 4 is 11.6 Å². The molecule has 1 saturated heterocycles. The lowest BCUT2D eigenvalue weighted by molar-refractivity contribution is -0.193. The van der Waals surface area contributed by atoms with Crippen molar-refractivity contribution in [2.45, 2.75) is 150 Å². The van der Waals surface area contributed by atoms with Crippen LogP contribution in [0.3, 0.4) is 0 Å². The van der Waals surface area contributed by atoms with E-state index < -0.39 is 17.6 Å². The predicted octanol–water partition coefficient (Wildman–Crippen LogP) is 6.88. The standard InChI is InChI=1S/C41H61NO6/c1-10-12-25(18-30(45)36-38(5,6)48-36)33-28-15-16-32-39(7)19-27(24-13-11-14-26(44)17-24)35(47)37(3,4)34(39)29(42-22-23(2)43)20-41(32,9)40(28,8)21-31(33)46/h11,13-14,17,23,25,27,29-30,32,34,36,42-45H,10,12,15-16,18-22H2,1-9H3. The number of carbonyl (C=O) groups excluding carboxylic acids is 2. The van der Waals surface area contributed by atoms with Crippen LogP contribution in [0.1, 0.15) is 125 Å². The second kappa shape index (κ2) is 12.0. The first kappa shape index (κ1) is 35.8. The van der Waals surface area contributed by atoms with Gasteiger partial charge >= 0.3 is 0 Å². The maximum atomic E-state index is 14.5. The highest BCUT2D eigenvalue weighted by atomic mass is 16.6. The lowest BCUT2D eigenvalue weighted by Gasteiger charge is -2.70. The number of phenols is 1. The quantitative estimate of drug-likeness (QED) is 0.202. The van der Waals surface area contributed by atoms with Crippen molar-refractivity contribution in [3.05, 3.63) is 41.0 Å². The first-order valence-corrected chi connectivity index (χ1v) is 18.7. The van der Waals surface area contributed by atoms with Gasteiger partial charge in [-0.05, 0) is 111 Å². The summed E-state index contributed by atoms with van der Waals surface area (Å²) in [5, 5.41) is 35.9. The second-order valence-corrected chi connectivity index (χ2v) is 18.3. The highest BCUT2D eigenvalue weighted by molar-refractivity contribution is 6.00. The molecule has 4 aliphatic carbocycles. The SMILES string of the molecule is CCCC(CC(O)C1OC1(C)C)C1=C2CCC3C4(C)CC(c5cccc(O)c5)C(=O)C(C)(C)C4C(NCC(C)O)CC3(C)C2(C)CC1=O. The zero-order valence-electron chi connectivity index (χ0n) is 30.9. The minimum atomic E-state index is -0.643. The number of aliphatic hydroxyl groups is 2. The second-order valence-electron chi connectivity index (χ2n) is 18.3. The average molecular weight is 664 g/mol. The van der Waals surface area contributed by atoms with E-state index in [4.69, 9.17) is 4.74 Å². The fraction of sp³-hybridized carbons (Fsp3) is 0.756. The Labute approximate surface area is 288 Å². The fourth-order valence-electron chi connectivity index (χ4n) is 12.3. The van der Waals surface area contributed by atoms with Crippen LogP contribution in [0.4, 0.5) is 0 Å². The lowest BCUT2D eigenvalue weighted by atomic mass is 9.34. The molecule has 1 aromatic rings. The molecule has 0 bridgehead atoms.